The zero-order valence-corrected chi connectivity index (χ0v) is 10.6. The number of amides is 2. The second kappa shape index (κ2) is 4.74. The molecule has 1 aliphatic carbocycles. The molecular formula is C14H16N2O3. The summed E-state index contributed by atoms with van der Waals surface area (Å²) in [6.07, 6.45) is 6.03. The summed E-state index contributed by atoms with van der Waals surface area (Å²) in [7, 11) is 0. The lowest BCUT2D eigenvalue weighted by Gasteiger charge is -2.28. The van der Waals surface area contributed by atoms with Crippen LogP contribution in [0.25, 0.3) is 0 Å². The summed E-state index contributed by atoms with van der Waals surface area (Å²) in [4.78, 5) is 29.6. The van der Waals surface area contributed by atoms with E-state index in [1.165, 1.54) is 17.3 Å². The molecule has 0 atom stereocenters. The van der Waals surface area contributed by atoms with Crippen molar-refractivity contribution in [3.8, 4) is 0 Å². The highest BCUT2D eigenvalue weighted by atomic mass is 16.3. The van der Waals surface area contributed by atoms with Crippen molar-refractivity contribution in [2.75, 3.05) is 6.54 Å². The Balaban J connectivity index is 1.74. The van der Waals surface area contributed by atoms with Gasteiger partial charge >= 0.3 is 0 Å². The van der Waals surface area contributed by atoms with E-state index in [-0.39, 0.29) is 17.9 Å². The number of aliphatic hydroxyl groups is 1. The van der Waals surface area contributed by atoms with Crippen molar-refractivity contribution in [1.82, 2.24) is 9.88 Å². The molecule has 0 unspecified atom stereocenters. The summed E-state index contributed by atoms with van der Waals surface area (Å²) in [5, 5.41) is 9.48. The molecule has 19 heavy (non-hydrogen) atoms. The van der Waals surface area contributed by atoms with Gasteiger partial charge in [-0.2, -0.15) is 0 Å². The van der Waals surface area contributed by atoms with Crippen LogP contribution in [0.2, 0.25) is 0 Å². The number of hydrogen-bond acceptors (Lipinski definition) is 4. The fraction of sp³-hybridized carbons (Fsp3) is 0.500. The molecule has 2 amide bonds. The number of aromatic nitrogens is 1. The fourth-order valence-corrected chi connectivity index (χ4v) is 2.89. The van der Waals surface area contributed by atoms with Crippen LogP contribution in [-0.2, 0) is 0 Å². The Bertz CT molecular complexity index is 486. The van der Waals surface area contributed by atoms with Crippen LogP contribution in [0, 0.1) is 5.92 Å². The van der Waals surface area contributed by atoms with E-state index in [0.717, 1.165) is 25.7 Å². The Morgan fingerprint density at radius 3 is 2.53 bits per heavy atom. The van der Waals surface area contributed by atoms with Crippen molar-refractivity contribution in [2.45, 2.75) is 31.8 Å². The molecule has 2 heterocycles. The average molecular weight is 260 g/mol. The molecule has 0 aromatic carbocycles. The van der Waals surface area contributed by atoms with Gasteiger partial charge in [0.1, 0.15) is 0 Å². The van der Waals surface area contributed by atoms with Gasteiger partial charge in [-0.05, 0) is 37.7 Å². The molecule has 1 saturated carbocycles. The molecule has 1 aromatic rings. The molecule has 5 nitrogen and oxygen atoms in total. The molecule has 1 aromatic heterocycles. The third-order valence-corrected chi connectivity index (χ3v) is 4.03. The minimum Gasteiger partial charge on any atom is -0.393 e. The van der Waals surface area contributed by atoms with Crippen LogP contribution in [0.5, 0.6) is 0 Å². The summed E-state index contributed by atoms with van der Waals surface area (Å²) >= 11 is 0. The van der Waals surface area contributed by atoms with Crippen molar-refractivity contribution in [1.29, 1.82) is 0 Å². The maximum Gasteiger partial charge on any atom is 0.263 e. The smallest absolute Gasteiger partial charge is 0.263 e. The lowest BCUT2D eigenvalue weighted by atomic mass is 9.87. The van der Waals surface area contributed by atoms with Gasteiger partial charge in [-0.15, -0.1) is 0 Å². The van der Waals surface area contributed by atoms with Crippen molar-refractivity contribution >= 4 is 11.8 Å². The van der Waals surface area contributed by atoms with Crippen molar-refractivity contribution in [2.24, 2.45) is 5.92 Å². The van der Waals surface area contributed by atoms with Gasteiger partial charge in [0.15, 0.2) is 0 Å². The summed E-state index contributed by atoms with van der Waals surface area (Å²) in [6, 6.07) is 1.60. The number of fused-ring (bicyclic) bond motifs is 1. The lowest BCUT2D eigenvalue weighted by Crippen LogP contribution is -2.36. The molecular weight excluding hydrogens is 244 g/mol. The number of pyridine rings is 1. The predicted octanol–water partition coefficient (Wildman–Crippen LogP) is 1.23. The third-order valence-electron chi connectivity index (χ3n) is 4.03. The van der Waals surface area contributed by atoms with Crippen LogP contribution >= 0.6 is 0 Å². The minimum absolute atomic E-state index is 0.214. The number of nitrogens with zero attached hydrogens (tertiary/aromatic N) is 2. The number of hydrogen-bond donors (Lipinski definition) is 1. The topological polar surface area (TPSA) is 70.5 Å². The Labute approximate surface area is 111 Å². The maximum absolute atomic E-state index is 12.2. The highest BCUT2D eigenvalue weighted by Crippen LogP contribution is 2.28. The highest BCUT2D eigenvalue weighted by Gasteiger charge is 2.37. The third kappa shape index (κ3) is 2.14. The molecule has 100 valence electrons. The number of aliphatic hydroxyl groups excluding tert-OH is 1. The van der Waals surface area contributed by atoms with Crippen LogP contribution in [0.3, 0.4) is 0 Å². The van der Waals surface area contributed by atoms with E-state index in [2.05, 4.69) is 4.98 Å². The van der Waals surface area contributed by atoms with Crippen molar-refractivity contribution in [3.05, 3.63) is 29.6 Å². The normalized spacial score (nSPS) is 26.7. The van der Waals surface area contributed by atoms with Gasteiger partial charge in [0.05, 0.1) is 17.2 Å². The highest BCUT2D eigenvalue weighted by molar-refractivity contribution is 6.21. The standard InChI is InChI=1S/C14H16N2O3/c17-10-3-1-9(2-4-10)8-16-13(18)11-5-6-15-7-12(11)14(16)19/h5-7,9-10,17H,1-4,8H2. The van der Waals surface area contributed by atoms with Gasteiger partial charge in [-0.1, -0.05) is 0 Å². The van der Waals surface area contributed by atoms with Gasteiger partial charge in [0.25, 0.3) is 11.8 Å². The lowest BCUT2D eigenvalue weighted by molar-refractivity contribution is 0.0575. The fourth-order valence-electron chi connectivity index (χ4n) is 2.89. The number of carbonyl (C=O) groups excluding carboxylic acids is 2. The Hall–Kier alpha value is -1.75. The van der Waals surface area contributed by atoms with Gasteiger partial charge in [0, 0.05) is 18.9 Å². The summed E-state index contributed by atoms with van der Waals surface area (Å²) in [5.74, 6) is -0.147. The molecule has 5 heteroatoms. The largest absolute Gasteiger partial charge is 0.393 e. The molecule has 2 aliphatic rings. The van der Waals surface area contributed by atoms with E-state index in [1.807, 2.05) is 0 Å². The zero-order chi connectivity index (χ0) is 13.4. The van der Waals surface area contributed by atoms with E-state index < -0.39 is 0 Å². The second-order valence-corrected chi connectivity index (χ2v) is 5.32. The summed E-state index contributed by atoms with van der Waals surface area (Å²) in [5.41, 5.74) is 0.860. The molecule has 3 rings (SSSR count). The molecule has 1 N–H and O–H groups in total. The predicted molar refractivity (Wildman–Crippen MR) is 67.6 cm³/mol. The molecule has 0 spiro atoms. The zero-order valence-electron chi connectivity index (χ0n) is 10.6. The first-order valence-corrected chi connectivity index (χ1v) is 6.65. The van der Waals surface area contributed by atoms with Gasteiger partial charge < -0.3 is 5.11 Å². The van der Waals surface area contributed by atoms with Gasteiger partial charge in [-0.3, -0.25) is 19.5 Å². The van der Waals surface area contributed by atoms with Crippen LogP contribution in [0.15, 0.2) is 18.5 Å². The van der Waals surface area contributed by atoms with Gasteiger partial charge in [0.2, 0.25) is 0 Å². The summed E-state index contributed by atoms with van der Waals surface area (Å²) in [6.45, 7) is 0.457. The van der Waals surface area contributed by atoms with Crippen LogP contribution < -0.4 is 0 Å². The SMILES string of the molecule is O=C1c2ccncc2C(=O)N1CC1CCC(O)CC1. The molecule has 1 fully saturated rings. The minimum atomic E-state index is -0.237. The van der Waals surface area contributed by atoms with E-state index in [4.69, 9.17) is 0 Å². The van der Waals surface area contributed by atoms with Gasteiger partial charge in [-0.25, -0.2) is 0 Å². The van der Waals surface area contributed by atoms with E-state index in [9.17, 15) is 14.7 Å². The van der Waals surface area contributed by atoms with E-state index in [0.29, 0.717) is 23.6 Å². The Morgan fingerprint density at radius 1 is 1.16 bits per heavy atom. The monoisotopic (exact) mass is 260 g/mol. The maximum atomic E-state index is 12.2. The molecule has 0 radical (unpaired) electrons. The number of rotatable bonds is 2. The molecule has 0 bridgehead atoms. The first-order chi connectivity index (χ1) is 9.16. The van der Waals surface area contributed by atoms with E-state index >= 15 is 0 Å². The first kappa shape index (κ1) is 12.3. The number of imide groups is 1. The average Bonchev–Trinajstić information content (AvgIpc) is 2.67. The second-order valence-electron chi connectivity index (χ2n) is 5.32. The number of carbonyl (C=O) groups is 2. The van der Waals surface area contributed by atoms with Crippen LogP contribution in [0.4, 0.5) is 0 Å². The molecule has 0 saturated heterocycles. The first-order valence-electron chi connectivity index (χ1n) is 6.65. The van der Waals surface area contributed by atoms with Crippen molar-refractivity contribution in [3.63, 3.8) is 0 Å². The Kier molecular flexibility index (Phi) is 3.06. The van der Waals surface area contributed by atoms with Crippen LogP contribution in [0.1, 0.15) is 46.4 Å². The summed E-state index contributed by atoms with van der Waals surface area (Å²) < 4.78 is 0. The quantitative estimate of drug-likeness (QED) is 0.812. The Morgan fingerprint density at radius 2 is 1.84 bits per heavy atom. The van der Waals surface area contributed by atoms with Crippen LogP contribution in [-0.4, -0.2) is 39.5 Å². The van der Waals surface area contributed by atoms with E-state index in [1.54, 1.807) is 6.07 Å². The van der Waals surface area contributed by atoms with Crippen molar-refractivity contribution < 1.29 is 14.7 Å². The molecule has 1 aliphatic heterocycles.